The summed E-state index contributed by atoms with van der Waals surface area (Å²) in [5.41, 5.74) is 4.26. The zero-order valence-electron chi connectivity index (χ0n) is 17.1. The number of hydrogen-bond donors (Lipinski definition) is 0. The molecule has 3 rings (SSSR count). The average molecular weight is 362 g/mol. The molecule has 1 unspecified atom stereocenters. The SMILES string of the molecule is CCCCCn1c(CC(C)c2ccccc2)c[n+](C)c1Cc1ccccc1. The van der Waals surface area contributed by atoms with E-state index in [1.165, 1.54) is 41.9 Å². The van der Waals surface area contributed by atoms with Crippen molar-refractivity contribution in [3.63, 3.8) is 0 Å². The van der Waals surface area contributed by atoms with Crippen LogP contribution in [0.2, 0.25) is 0 Å². The first-order chi connectivity index (χ1) is 13.2. The summed E-state index contributed by atoms with van der Waals surface area (Å²) in [6, 6.07) is 21.7. The van der Waals surface area contributed by atoms with Crippen LogP contribution in [0.5, 0.6) is 0 Å². The van der Waals surface area contributed by atoms with Crippen LogP contribution in [-0.2, 0) is 26.4 Å². The third-order valence-electron chi connectivity index (χ3n) is 5.48. The van der Waals surface area contributed by atoms with Crippen LogP contribution in [0.1, 0.15) is 61.7 Å². The van der Waals surface area contributed by atoms with Gasteiger partial charge in [-0.3, -0.25) is 0 Å². The van der Waals surface area contributed by atoms with Gasteiger partial charge in [0, 0.05) is 6.42 Å². The van der Waals surface area contributed by atoms with Gasteiger partial charge in [-0.2, -0.15) is 0 Å². The van der Waals surface area contributed by atoms with Crippen molar-refractivity contribution in [1.82, 2.24) is 4.57 Å². The highest BCUT2D eigenvalue weighted by atomic mass is 15.1. The molecule has 0 fully saturated rings. The van der Waals surface area contributed by atoms with Gasteiger partial charge >= 0.3 is 0 Å². The van der Waals surface area contributed by atoms with Crippen molar-refractivity contribution in [1.29, 1.82) is 0 Å². The Labute approximate surface area is 164 Å². The number of hydrogen-bond acceptors (Lipinski definition) is 0. The van der Waals surface area contributed by atoms with Gasteiger partial charge in [0.15, 0.2) is 0 Å². The quantitative estimate of drug-likeness (QED) is 0.354. The van der Waals surface area contributed by atoms with Crippen LogP contribution >= 0.6 is 0 Å². The maximum atomic E-state index is 2.59. The molecule has 0 saturated heterocycles. The summed E-state index contributed by atoms with van der Waals surface area (Å²) in [5, 5.41) is 0. The fraction of sp³-hybridized carbons (Fsp3) is 0.400. The molecular formula is C25H33N2+. The lowest BCUT2D eigenvalue weighted by Crippen LogP contribution is -2.32. The fourth-order valence-corrected chi connectivity index (χ4v) is 3.89. The highest BCUT2D eigenvalue weighted by molar-refractivity contribution is 5.22. The van der Waals surface area contributed by atoms with Gasteiger partial charge in [-0.05, 0) is 29.9 Å². The van der Waals surface area contributed by atoms with E-state index in [-0.39, 0.29) is 0 Å². The molecule has 2 nitrogen and oxygen atoms in total. The minimum Gasteiger partial charge on any atom is -0.236 e. The van der Waals surface area contributed by atoms with Crippen LogP contribution in [0.25, 0.3) is 0 Å². The standard InChI is InChI=1S/C25H33N2/c1-4-5-12-17-27-24(18-21(2)23-15-10-7-11-16-23)20-26(3)25(27)19-22-13-8-6-9-14-22/h6-11,13-16,20-21H,4-5,12,17-19H2,1-3H3/q+1. The minimum absolute atomic E-state index is 0.524. The van der Waals surface area contributed by atoms with E-state index in [2.05, 4.69) is 96.9 Å². The Kier molecular flexibility index (Phi) is 6.86. The van der Waals surface area contributed by atoms with Gasteiger partial charge in [-0.15, -0.1) is 0 Å². The first-order valence-corrected chi connectivity index (χ1v) is 10.3. The van der Waals surface area contributed by atoms with E-state index >= 15 is 0 Å². The van der Waals surface area contributed by atoms with Crippen LogP contribution in [-0.4, -0.2) is 4.57 Å². The molecule has 0 aliphatic rings. The predicted octanol–water partition coefficient (Wildman–Crippen LogP) is 5.44. The second kappa shape index (κ2) is 9.55. The lowest BCUT2D eigenvalue weighted by molar-refractivity contribution is -0.678. The van der Waals surface area contributed by atoms with Crippen molar-refractivity contribution in [2.75, 3.05) is 0 Å². The molecule has 1 atom stereocenters. The minimum atomic E-state index is 0.524. The smallest absolute Gasteiger partial charge is 0.236 e. The van der Waals surface area contributed by atoms with Gasteiger partial charge in [0.1, 0.15) is 11.9 Å². The molecule has 0 N–H and O–H groups in total. The molecule has 0 aliphatic carbocycles. The highest BCUT2D eigenvalue weighted by Gasteiger charge is 2.23. The highest BCUT2D eigenvalue weighted by Crippen LogP contribution is 2.21. The third kappa shape index (κ3) is 5.09. The zero-order chi connectivity index (χ0) is 19.1. The monoisotopic (exact) mass is 361 g/mol. The summed E-state index contributed by atoms with van der Waals surface area (Å²) in [6.45, 7) is 5.74. The van der Waals surface area contributed by atoms with Gasteiger partial charge in [-0.25, -0.2) is 9.13 Å². The van der Waals surface area contributed by atoms with Gasteiger partial charge in [0.05, 0.1) is 20.0 Å². The normalized spacial score (nSPS) is 12.3. The fourth-order valence-electron chi connectivity index (χ4n) is 3.89. The van der Waals surface area contributed by atoms with Crippen LogP contribution in [0.15, 0.2) is 66.9 Å². The molecule has 0 aliphatic heterocycles. The molecule has 1 aromatic heterocycles. The van der Waals surface area contributed by atoms with E-state index < -0.39 is 0 Å². The van der Waals surface area contributed by atoms with E-state index in [0.29, 0.717) is 5.92 Å². The lowest BCUT2D eigenvalue weighted by atomic mass is 9.96. The first-order valence-electron chi connectivity index (χ1n) is 10.3. The number of rotatable bonds is 9. The molecule has 0 spiro atoms. The molecule has 2 heteroatoms. The molecule has 0 amide bonds. The first kappa shape index (κ1) is 19.4. The molecule has 0 bridgehead atoms. The van der Waals surface area contributed by atoms with Crippen LogP contribution in [0.4, 0.5) is 0 Å². The predicted molar refractivity (Wildman–Crippen MR) is 113 cm³/mol. The third-order valence-corrected chi connectivity index (χ3v) is 5.48. The second-order valence-electron chi connectivity index (χ2n) is 7.68. The summed E-state index contributed by atoms with van der Waals surface area (Å²) in [6.07, 6.45) is 8.23. The van der Waals surface area contributed by atoms with Crippen molar-refractivity contribution >= 4 is 0 Å². The Bertz CT molecular complexity index is 818. The molecule has 142 valence electrons. The number of aromatic nitrogens is 2. The Morgan fingerprint density at radius 1 is 0.926 bits per heavy atom. The van der Waals surface area contributed by atoms with E-state index in [9.17, 15) is 0 Å². The largest absolute Gasteiger partial charge is 0.260 e. The molecular weight excluding hydrogens is 328 g/mol. The van der Waals surface area contributed by atoms with Gasteiger partial charge < -0.3 is 0 Å². The Morgan fingerprint density at radius 3 is 2.26 bits per heavy atom. The average Bonchev–Trinajstić information content (AvgIpc) is 2.98. The van der Waals surface area contributed by atoms with Crippen molar-refractivity contribution in [3.05, 3.63) is 89.5 Å². The lowest BCUT2D eigenvalue weighted by Gasteiger charge is -2.11. The number of imidazole rings is 1. The van der Waals surface area contributed by atoms with Crippen molar-refractivity contribution in [2.24, 2.45) is 7.05 Å². The van der Waals surface area contributed by atoms with Crippen molar-refractivity contribution in [3.8, 4) is 0 Å². The molecule has 2 aromatic carbocycles. The Morgan fingerprint density at radius 2 is 1.59 bits per heavy atom. The van der Waals surface area contributed by atoms with Crippen LogP contribution in [0.3, 0.4) is 0 Å². The maximum Gasteiger partial charge on any atom is 0.260 e. The molecule has 0 radical (unpaired) electrons. The molecule has 0 saturated carbocycles. The van der Waals surface area contributed by atoms with E-state index in [1.807, 2.05) is 0 Å². The van der Waals surface area contributed by atoms with E-state index in [1.54, 1.807) is 0 Å². The van der Waals surface area contributed by atoms with E-state index in [4.69, 9.17) is 0 Å². The van der Waals surface area contributed by atoms with E-state index in [0.717, 1.165) is 19.4 Å². The zero-order valence-corrected chi connectivity index (χ0v) is 17.1. The molecule has 3 aromatic rings. The maximum absolute atomic E-state index is 2.59. The summed E-state index contributed by atoms with van der Waals surface area (Å²) in [5.74, 6) is 1.93. The second-order valence-corrected chi connectivity index (χ2v) is 7.68. The summed E-state index contributed by atoms with van der Waals surface area (Å²) in [7, 11) is 2.20. The number of unbranched alkanes of at least 4 members (excludes halogenated alkanes) is 2. The van der Waals surface area contributed by atoms with Gasteiger partial charge in [0.2, 0.25) is 0 Å². The van der Waals surface area contributed by atoms with Crippen molar-refractivity contribution in [2.45, 2.75) is 58.4 Å². The summed E-state index contributed by atoms with van der Waals surface area (Å²) < 4.78 is 4.92. The Balaban J connectivity index is 1.86. The number of nitrogens with zero attached hydrogens (tertiary/aromatic N) is 2. The van der Waals surface area contributed by atoms with Gasteiger partial charge in [-0.1, -0.05) is 80.9 Å². The summed E-state index contributed by atoms with van der Waals surface area (Å²) in [4.78, 5) is 0. The Hall–Kier alpha value is -2.35. The molecule has 1 heterocycles. The van der Waals surface area contributed by atoms with Crippen LogP contribution < -0.4 is 4.57 Å². The molecule has 27 heavy (non-hydrogen) atoms. The van der Waals surface area contributed by atoms with Gasteiger partial charge in [0.25, 0.3) is 5.82 Å². The topological polar surface area (TPSA) is 8.81 Å². The van der Waals surface area contributed by atoms with Crippen LogP contribution in [0, 0.1) is 0 Å². The number of benzene rings is 2. The van der Waals surface area contributed by atoms with Crippen molar-refractivity contribution < 1.29 is 4.57 Å². The summed E-state index contributed by atoms with van der Waals surface area (Å²) >= 11 is 0. The number of aryl methyl sites for hydroxylation is 1.